The first-order chi connectivity index (χ1) is 19.2. The zero-order chi connectivity index (χ0) is 28.8. The van der Waals surface area contributed by atoms with Gasteiger partial charge in [-0.05, 0) is 80.0 Å². The first-order valence-electron chi connectivity index (χ1n) is 13.9. The van der Waals surface area contributed by atoms with E-state index in [-0.39, 0.29) is 23.8 Å². The smallest absolute Gasteiger partial charge is 0.165 e. The van der Waals surface area contributed by atoms with E-state index in [2.05, 4.69) is 30.5 Å². The second-order valence-corrected chi connectivity index (χ2v) is 10.7. The van der Waals surface area contributed by atoms with Gasteiger partial charge >= 0.3 is 0 Å². The highest BCUT2D eigenvalue weighted by Crippen LogP contribution is 2.39. The summed E-state index contributed by atoms with van der Waals surface area (Å²) in [7, 11) is 0. The number of rotatable bonds is 11. The summed E-state index contributed by atoms with van der Waals surface area (Å²) in [6.45, 7) is 8.18. The molecule has 1 saturated heterocycles. The van der Waals surface area contributed by atoms with Gasteiger partial charge < -0.3 is 29.9 Å². The standard InChI is InChI=1S/C32H39FN2O5/c1-21(2)32-27(14-13-24(36)19-25(37)20-30(38)39)31(22(3)35(32)34-16-8-5-9-17-34)23-12-15-28(33)29(18-23)40-26-10-6-4-7-11-26/h4,6-7,10-13,15,18,21,25,36-37H,5,8-9,14,16-17,19-20H2,1-3H3,(H,38,39)/p-1/b24-13-. The summed E-state index contributed by atoms with van der Waals surface area (Å²) in [5, 5.41) is 33.7. The number of allylic oxidation sites excluding steroid dienone is 1. The lowest BCUT2D eigenvalue weighted by molar-refractivity contribution is -0.307. The van der Waals surface area contributed by atoms with E-state index in [1.807, 2.05) is 18.2 Å². The predicted molar refractivity (Wildman–Crippen MR) is 152 cm³/mol. The Hall–Kier alpha value is -3.78. The van der Waals surface area contributed by atoms with Crippen LogP contribution in [-0.4, -0.2) is 40.1 Å². The molecule has 1 aromatic heterocycles. The molecule has 1 aliphatic heterocycles. The molecule has 3 aromatic rings. The molecule has 0 saturated carbocycles. The van der Waals surface area contributed by atoms with Gasteiger partial charge in [0.2, 0.25) is 0 Å². The maximum absolute atomic E-state index is 14.9. The van der Waals surface area contributed by atoms with Crippen LogP contribution in [0.25, 0.3) is 11.1 Å². The number of carbonyl (C=O) groups is 1. The molecule has 7 nitrogen and oxygen atoms in total. The second kappa shape index (κ2) is 13.0. The van der Waals surface area contributed by atoms with Gasteiger partial charge in [-0.25, -0.2) is 4.39 Å². The number of piperidine rings is 1. The van der Waals surface area contributed by atoms with Crippen LogP contribution in [0.4, 0.5) is 4.39 Å². The summed E-state index contributed by atoms with van der Waals surface area (Å²) in [5.41, 5.74) is 4.83. The van der Waals surface area contributed by atoms with Crippen LogP contribution in [0.1, 0.15) is 68.8 Å². The van der Waals surface area contributed by atoms with E-state index in [1.165, 1.54) is 12.5 Å². The molecule has 1 unspecified atom stereocenters. The van der Waals surface area contributed by atoms with Crippen molar-refractivity contribution in [2.75, 3.05) is 18.1 Å². The maximum Gasteiger partial charge on any atom is 0.165 e. The van der Waals surface area contributed by atoms with E-state index in [9.17, 15) is 24.5 Å². The third kappa shape index (κ3) is 6.86. The number of aliphatic hydroxyl groups excluding tert-OH is 2. The number of nitrogens with zero attached hydrogens (tertiary/aromatic N) is 2. The largest absolute Gasteiger partial charge is 0.550 e. The van der Waals surface area contributed by atoms with Crippen molar-refractivity contribution in [2.24, 2.45) is 0 Å². The molecule has 214 valence electrons. The Bertz CT molecular complexity index is 1340. The van der Waals surface area contributed by atoms with Gasteiger partial charge in [-0.2, -0.15) is 0 Å². The van der Waals surface area contributed by atoms with E-state index in [0.717, 1.165) is 54.0 Å². The Labute approximate surface area is 235 Å². The minimum absolute atomic E-state index is 0.0926. The summed E-state index contributed by atoms with van der Waals surface area (Å²) in [6.07, 6.45) is 3.39. The summed E-state index contributed by atoms with van der Waals surface area (Å²) in [6, 6.07) is 13.9. The molecule has 0 aliphatic carbocycles. The van der Waals surface area contributed by atoms with Crippen molar-refractivity contribution >= 4 is 5.97 Å². The molecule has 0 bridgehead atoms. The van der Waals surface area contributed by atoms with Gasteiger partial charge in [0.15, 0.2) is 11.6 Å². The first kappa shape index (κ1) is 29.2. The Balaban J connectivity index is 1.80. The number of aliphatic hydroxyl groups is 2. The van der Waals surface area contributed by atoms with Crippen LogP contribution >= 0.6 is 0 Å². The average Bonchev–Trinajstić information content (AvgIpc) is 3.21. The molecule has 4 rings (SSSR count). The molecule has 1 aliphatic rings. The fraction of sp³-hybridized carbons (Fsp3) is 0.406. The van der Waals surface area contributed by atoms with Gasteiger partial charge in [0.1, 0.15) is 5.75 Å². The predicted octanol–water partition coefficient (Wildman–Crippen LogP) is 5.52. The number of carboxylic acid groups (broad SMARTS) is 1. The Morgan fingerprint density at radius 3 is 2.45 bits per heavy atom. The van der Waals surface area contributed by atoms with E-state index in [4.69, 9.17) is 4.74 Å². The van der Waals surface area contributed by atoms with Gasteiger partial charge in [0, 0.05) is 48.9 Å². The Morgan fingerprint density at radius 2 is 1.80 bits per heavy atom. The third-order valence-corrected chi connectivity index (χ3v) is 7.26. The minimum Gasteiger partial charge on any atom is -0.550 e. The van der Waals surface area contributed by atoms with Crippen molar-refractivity contribution in [3.63, 3.8) is 0 Å². The Morgan fingerprint density at radius 1 is 1.10 bits per heavy atom. The quantitative estimate of drug-likeness (QED) is 0.306. The fourth-order valence-electron chi connectivity index (χ4n) is 5.55. The van der Waals surface area contributed by atoms with Crippen molar-refractivity contribution in [1.29, 1.82) is 0 Å². The molecule has 8 heteroatoms. The van der Waals surface area contributed by atoms with Crippen LogP contribution in [0.3, 0.4) is 0 Å². The highest BCUT2D eigenvalue weighted by molar-refractivity contribution is 5.74. The summed E-state index contributed by atoms with van der Waals surface area (Å²) in [5.74, 6) is -1.13. The highest BCUT2D eigenvalue weighted by atomic mass is 19.1. The van der Waals surface area contributed by atoms with E-state index in [0.29, 0.717) is 12.2 Å². The summed E-state index contributed by atoms with van der Waals surface area (Å²) < 4.78 is 23.1. The van der Waals surface area contributed by atoms with Crippen LogP contribution in [0.5, 0.6) is 11.5 Å². The van der Waals surface area contributed by atoms with Gasteiger partial charge in [-0.3, -0.25) is 4.68 Å². The lowest BCUT2D eigenvalue weighted by Crippen LogP contribution is -2.41. The monoisotopic (exact) mass is 549 g/mol. The molecular weight excluding hydrogens is 511 g/mol. The number of hydrogen-bond donors (Lipinski definition) is 2. The average molecular weight is 550 g/mol. The van der Waals surface area contributed by atoms with Crippen LogP contribution < -0.4 is 14.9 Å². The van der Waals surface area contributed by atoms with Crippen molar-refractivity contribution in [2.45, 2.75) is 71.3 Å². The number of para-hydroxylation sites is 1. The molecule has 1 atom stereocenters. The Kier molecular flexibility index (Phi) is 9.53. The number of carbonyl (C=O) groups excluding carboxylic acids is 1. The zero-order valence-corrected chi connectivity index (χ0v) is 23.4. The van der Waals surface area contributed by atoms with Gasteiger partial charge in [0.05, 0.1) is 11.9 Å². The molecule has 0 amide bonds. The number of aromatic nitrogens is 1. The number of hydrogen-bond acceptors (Lipinski definition) is 6. The number of aliphatic carboxylic acids is 1. The third-order valence-electron chi connectivity index (χ3n) is 7.26. The fourth-order valence-corrected chi connectivity index (χ4v) is 5.55. The molecule has 2 N–H and O–H groups in total. The lowest BCUT2D eigenvalue weighted by Gasteiger charge is -2.34. The molecular formula is C32H38FN2O5-. The van der Waals surface area contributed by atoms with Crippen LogP contribution in [-0.2, 0) is 11.2 Å². The van der Waals surface area contributed by atoms with Crippen molar-refractivity contribution < 1.29 is 29.2 Å². The van der Waals surface area contributed by atoms with Gasteiger partial charge in [-0.15, -0.1) is 0 Å². The van der Waals surface area contributed by atoms with Gasteiger partial charge in [0.25, 0.3) is 0 Å². The van der Waals surface area contributed by atoms with Crippen molar-refractivity contribution in [3.8, 4) is 22.6 Å². The topological polar surface area (TPSA) is 98.0 Å². The normalized spacial score (nSPS) is 14.9. The molecule has 0 radical (unpaired) electrons. The number of benzene rings is 2. The summed E-state index contributed by atoms with van der Waals surface area (Å²) >= 11 is 0. The molecule has 40 heavy (non-hydrogen) atoms. The lowest BCUT2D eigenvalue weighted by atomic mass is 9.94. The van der Waals surface area contributed by atoms with Crippen molar-refractivity contribution in [3.05, 3.63) is 83.1 Å². The number of halogens is 1. The highest BCUT2D eigenvalue weighted by Gasteiger charge is 2.27. The van der Waals surface area contributed by atoms with E-state index in [1.54, 1.807) is 30.3 Å². The summed E-state index contributed by atoms with van der Waals surface area (Å²) in [4.78, 5) is 10.8. The SMILES string of the molecule is Cc1c(-c2ccc(F)c(Oc3ccccc3)c2)c(C/C=C(\O)CC(O)CC(=O)[O-])c(C(C)C)n1N1CCCCC1. The van der Waals surface area contributed by atoms with Crippen LogP contribution in [0.15, 0.2) is 60.4 Å². The minimum atomic E-state index is -1.37. The molecule has 0 spiro atoms. The molecule has 2 aromatic carbocycles. The van der Waals surface area contributed by atoms with Crippen LogP contribution in [0.2, 0.25) is 0 Å². The van der Waals surface area contributed by atoms with E-state index < -0.39 is 24.3 Å². The van der Waals surface area contributed by atoms with E-state index >= 15 is 0 Å². The first-order valence-corrected chi connectivity index (χ1v) is 13.9. The number of ether oxygens (including phenoxy) is 1. The van der Waals surface area contributed by atoms with Crippen molar-refractivity contribution in [1.82, 2.24) is 4.68 Å². The zero-order valence-electron chi connectivity index (χ0n) is 23.4. The maximum atomic E-state index is 14.9. The van der Waals surface area contributed by atoms with Gasteiger partial charge in [-0.1, -0.05) is 38.1 Å². The molecule has 2 heterocycles. The second-order valence-electron chi connectivity index (χ2n) is 10.7. The number of carboxylic acids is 1. The molecule has 1 fully saturated rings. The van der Waals surface area contributed by atoms with Crippen LogP contribution in [0, 0.1) is 12.7 Å².